The minimum absolute atomic E-state index is 0.648. The van der Waals surface area contributed by atoms with Gasteiger partial charge in [-0.15, -0.1) is 0 Å². The molecule has 106 valence electrons. The van der Waals surface area contributed by atoms with Crippen LogP contribution in [0.25, 0.3) is 0 Å². The molecule has 0 radical (unpaired) electrons. The van der Waals surface area contributed by atoms with Crippen molar-refractivity contribution in [2.45, 2.75) is 45.7 Å². The first kappa shape index (κ1) is 14.9. The number of halogens is 1. The summed E-state index contributed by atoms with van der Waals surface area (Å²) in [7, 11) is 1.71. The molecule has 2 nitrogen and oxygen atoms in total. The van der Waals surface area contributed by atoms with Crippen molar-refractivity contribution in [1.82, 2.24) is 5.32 Å². The zero-order valence-electron chi connectivity index (χ0n) is 12.1. The monoisotopic (exact) mass is 325 g/mol. The van der Waals surface area contributed by atoms with Crippen LogP contribution in [0.4, 0.5) is 0 Å². The van der Waals surface area contributed by atoms with Crippen LogP contribution in [0.1, 0.15) is 38.7 Å². The fourth-order valence-electron chi connectivity index (χ4n) is 3.02. The van der Waals surface area contributed by atoms with Crippen molar-refractivity contribution in [1.29, 1.82) is 0 Å². The summed E-state index contributed by atoms with van der Waals surface area (Å²) in [6.45, 7) is 5.64. The molecule has 1 aliphatic carbocycles. The van der Waals surface area contributed by atoms with E-state index in [0.29, 0.717) is 6.04 Å². The van der Waals surface area contributed by atoms with E-state index in [1.54, 1.807) is 7.11 Å². The Labute approximate surface area is 125 Å². The molecule has 3 heteroatoms. The number of hydrogen-bond acceptors (Lipinski definition) is 2. The molecule has 0 heterocycles. The lowest BCUT2D eigenvalue weighted by Gasteiger charge is -2.33. The fraction of sp³-hybridized carbons (Fsp3) is 0.625. The van der Waals surface area contributed by atoms with Crippen LogP contribution in [0.5, 0.6) is 5.75 Å². The van der Waals surface area contributed by atoms with E-state index in [2.05, 4.69) is 47.2 Å². The second kappa shape index (κ2) is 6.76. The average Bonchev–Trinajstić information content (AvgIpc) is 2.39. The topological polar surface area (TPSA) is 21.3 Å². The molecule has 0 aliphatic heterocycles. The predicted octanol–water partition coefficient (Wildman–Crippen LogP) is 4.37. The average molecular weight is 326 g/mol. The molecular weight excluding hydrogens is 302 g/mol. The summed E-state index contributed by atoms with van der Waals surface area (Å²) in [5.74, 6) is 2.58. The predicted molar refractivity (Wildman–Crippen MR) is 83.5 cm³/mol. The third-order valence-electron chi connectivity index (χ3n) is 4.24. The second-order valence-corrected chi connectivity index (χ2v) is 6.69. The van der Waals surface area contributed by atoms with Crippen LogP contribution in [-0.4, -0.2) is 13.2 Å². The van der Waals surface area contributed by atoms with E-state index >= 15 is 0 Å². The van der Waals surface area contributed by atoms with Crippen molar-refractivity contribution in [2.24, 2.45) is 11.8 Å². The van der Waals surface area contributed by atoms with Gasteiger partial charge in [0.25, 0.3) is 0 Å². The number of rotatable bonds is 4. The van der Waals surface area contributed by atoms with Gasteiger partial charge in [0.05, 0.1) is 7.11 Å². The first-order chi connectivity index (χ1) is 9.10. The van der Waals surface area contributed by atoms with Crippen LogP contribution in [0.3, 0.4) is 0 Å². The molecular formula is C16H24BrNO. The van der Waals surface area contributed by atoms with Gasteiger partial charge >= 0.3 is 0 Å². The van der Waals surface area contributed by atoms with Gasteiger partial charge < -0.3 is 10.1 Å². The molecule has 0 aromatic heterocycles. The van der Waals surface area contributed by atoms with Crippen LogP contribution < -0.4 is 10.1 Å². The number of nitrogens with one attached hydrogen (secondary N) is 1. The molecule has 2 rings (SSSR count). The first-order valence-electron chi connectivity index (χ1n) is 7.16. The maximum absolute atomic E-state index is 5.29. The van der Waals surface area contributed by atoms with Gasteiger partial charge in [-0.2, -0.15) is 0 Å². The standard InChI is InChI=1S/C16H24BrNO/c1-11-4-7-16(12(2)8-11)18-10-13-9-14(19-3)5-6-15(13)17/h5-6,9,11-12,16,18H,4,7-8,10H2,1-3H3. The maximum atomic E-state index is 5.29. The van der Waals surface area contributed by atoms with Crippen molar-refractivity contribution < 1.29 is 4.74 Å². The third kappa shape index (κ3) is 3.96. The van der Waals surface area contributed by atoms with Gasteiger partial charge in [-0.05, 0) is 54.9 Å². The highest BCUT2D eigenvalue weighted by Crippen LogP contribution is 2.29. The molecule has 19 heavy (non-hydrogen) atoms. The Morgan fingerprint density at radius 1 is 1.32 bits per heavy atom. The summed E-state index contributed by atoms with van der Waals surface area (Å²) in [5.41, 5.74) is 1.27. The molecule has 0 spiro atoms. The van der Waals surface area contributed by atoms with Gasteiger partial charge in [-0.1, -0.05) is 29.8 Å². The lowest BCUT2D eigenvalue weighted by atomic mass is 9.80. The van der Waals surface area contributed by atoms with Crippen LogP contribution in [0, 0.1) is 11.8 Å². The lowest BCUT2D eigenvalue weighted by Crippen LogP contribution is -2.38. The quantitative estimate of drug-likeness (QED) is 0.887. The molecule has 1 aromatic rings. The Morgan fingerprint density at radius 3 is 2.79 bits per heavy atom. The van der Waals surface area contributed by atoms with E-state index in [9.17, 15) is 0 Å². The highest BCUT2D eigenvalue weighted by atomic mass is 79.9. The number of methoxy groups -OCH3 is 1. The Bertz CT molecular complexity index is 421. The minimum Gasteiger partial charge on any atom is -0.497 e. The lowest BCUT2D eigenvalue weighted by molar-refractivity contribution is 0.227. The molecule has 1 aliphatic rings. The van der Waals surface area contributed by atoms with E-state index in [1.165, 1.54) is 24.8 Å². The largest absolute Gasteiger partial charge is 0.497 e. The van der Waals surface area contributed by atoms with Crippen molar-refractivity contribution >= 4 is 15.9 Å². The van der Waals surface area contributed by atoms with E-state index in [-0.39, 0.29) is 0 Å². The van der Waals surface area contributed by atoms with Crippen LogP contribution in [0.15, 0.2) is 22.7 Å². The van der Waals surface area contributed by atoms with Crippen molar-refractivity contribution in [3.63, 3.8) is 0 Å². The van der Waals surface area contributed by atoms with Gasteiger partial charge in [-0.25, -0.2) is 0 Å². The Hall–Kier alpha value is -0.540. The van der Waals surface area contributed by atoms with Crippen molar-refractivity contribution in [2.75, 3.05) is 7.11 Å². The molecule has 3 atom stereocenters. The first-order valence-corrected chi connectivity index (χ1v) is 7.95. The zero-order chi connectivity index (χ0) is 13.8. The summed E-state index contributed by atoms with van der Waals surface area (Å²) in [5, 5.41) is 3.71. The van der Waals surface area contributed by atoms with Crippen molar-refractivity contribution in [3.8, 4) is 5.75 Å². The normalized spacial score (nSPS) is 27.3. The van der Waals surface area contributed by atoms with E-state index in [1.807, 2.05) is 6.07 Å². The van der Waals surface area contributed by atoms with Gasteiger partial charge in [0.2, 0.25) is 0 Å². The van der Waals surface area contributed by atoms with Gasteiger partial charge in [0.1, 0.15) is 5.75 Å². The molecule has 1 N–H and O–H groups in total. The summed E-state index contributed by atoms with van der Waals surface area (Å²) in [6.07, 6.45) is 3.99. The Balaban J connectivity index is 1.95. The fourth-order valence-corrected chi connectivity index (χ4v) is 3.41. The summed E-state index contributed by atoms with van der Waals surface area (Å²) in [4.78, 5) is 0. The van der Waals surface area contributed by atoms with E-state index in [0.717, 1.165) is 28.6 Å². The highest BCUT2D eigenvalue weighted by Gasteiger charge is 2.24. The van der Waals surface area contributed by atoms with E-state index in [4.69, 9.17) is 4.74 Å². The molecule has 3 unspecified atom stereocenters. The molecule has 0 amide bonds. The third-order valence-corrected chi connectivity index (χ3v) is 5.01. The van der Waals surface area contributed by atoms with Crippen LogP contribution in [-0.2, 0) is 6.54 Å². The molecule has 1 aromatic carbocycles. The van der Waals surface area contributed by atoms with E-state index < -0.39 is 0 Å². The summed E-state index contributed by atoms with van der Waals surface area (Å²) in [6, 6.07) is 6.79. The van der Waals surface area contributed by atoms with Crippen LogP contribution in [0.2, 0.25) is 0 Å². The summed E-state index contributed by atoms with van der Waals surface area (Å²) < 4.78 is 6.44. The van der Waals surface area contributed by atoms with Gasteiger partial charge in [0.15, 0.2) is 0 Å². The zero-order valence-corrected chi connectivity index (χ0v) is 13.7. The Kier molecular flexibility index (Phi) is 5.28. The molecule has 0 saturated heterocycles. The number of ether oxygens (including phenoxy) is 1. The second-order valence-electron chi connectivity index (χ2n) is 5.84. The molecule has 1 saturated carbocycles. The summed E-state index contributed by atoms with van der Waals surface area (Å²) >= 11 is 3.61. The molecule has 0 bridgehead atoms. The van der Waals surface area contributed by atoms with Gasteiger partial charge in [0, 0.05) is 17.1 Å². The SMILES string of the molecule is COc1ccc(Br)c(CNC2CCC(C)CC2C)c1. The van der Waals surface area contributed by atoms with Crippen molar-refractivity contribution in [3.05, 3.63) is 28.2 Å². The Morgan fingerprint density at radius 2 is 2.11 bits per heavy atom. The van der Waals surface area contributed by atoms with Gasteiger partial charge in [-0.3, -0.25) is 0 Å². The minimum atomic E-state index is 0.648. The number of hydrogen-bond donors (Lipinski definition) is 1. The smallest absolute Gasteiger partial charge is 0.119 e. The maximum Gasteiger partial charge on any atom is 0.119 e. The number of benzene rings is 1. The molecule has 1 fully saturated rings. The highest BCUT2D eigenvalue weighted by molar-refractivity contribution is 9.10. The van der Waals surface area contributed by atoms with Crippen LogP contribution >= 0.6 is 15.9 Å².